The third kappa shape index (κ3) is 5.58. The molecular weight excluding hydrogens is 426 g/mol. The Morgan fingerprint density at radius 2 is 1.97 bits per heavy atom. The number of amides is 1. The number of nitro groups is 1. The first-order chi connectivity index (χ1) is 14.8. The van der Waals surface area contributed by atoms with Crippen molar-refractivity contribution in [3.05, 3.63) is 40.7 Å². The minimum Gasteiger partial charge on any atom is -0.495 e. The Morgan fingerprint density at radius 3 is 2.58 bits per heavy atom. The molecule has 1 saturated heterocycles. The van der Waals surface area contributed by atoms with E-state index in [4.69, 9.17) is 4.74 Å². The second-order valence-corrected chi connectivity index (χ2v) is 9.14. The van der Waals surface area contributed by atoms with Gasteiger partial charge in [-0.25, -0.2) is 8.42 Å². The van der Waals surface area contributed by atoms with Gasteiger partial charge in [0.15, 0.2) is 0 Å². The lowest BCUT2D eigenvalue weighted by Gasteiger charge is -2.21. The molecule has 0 saturated carbocycles. The average Bonchev–Trinajstić information content (AvgIpc) is 3.05. The number of hydrogen-bond donors (Lipinski definition) is 1. The van der Waals surface area contributed by atoms with Crippen LogP contribution in [-0.2, 0) is 21.4 Å². The first kappa shape index (κ1) is 22.7. The van der Waals surface area contributed by atoms with Crippen LogP contribution < -0.4 is 10.1 Å². The number of nitrogens with zero attached hydrogens (tertiary/aromatic N) is 4. The molecule has 1 amide bonds. The van der Waals surface area contributed by atoms with E-state index in [-0.39, 0.29) is 29.2 Å². The number of carbonyl (C=O) groups excluding carboxylic acids is 1. The third-order valence-electron chi connectivity index (χ3n) is 5.05. The van der Waals surface area contributed by atoms with Gasteiger partial charge in [0.2, 0.25) is 15.9 Å². The van der Waals surface area contributed by atoms with Crippen molar-refractivity contribution in [2.24, 2.45) is 0 Å². The second-order valence-electron chi connectivity index (χ2n) is 7.20. The molecule has 0 spiro atoms. The minimum absolute atomic E-state index is 0.00884. The summed E-state index contributed by atoms with van der Waals surface area (Å²) in [5.41, 5.74) is 0.0864. The van der Waals surface area contributed by atoms with Crippen LogP contribution in [0.1, 0.15) is 32.1 Å². The third-order valence-corrected chi connectivity index (χ3v) is 6.94. The zero-order valence-corrected chi connectivity index (χ0v) is 18.0. The van der Waals surface area contributed by atoms with E-state index in [1.54, 1.807) is 0 Å². The Bertz CT molecular complexity index is 1040. The highest BCUT2D eigenvalue weighted by molar-refractivity contribution is 7.89. The predicted molar refractivity (Wildman–Crippen MR) is 112 cm³/mol. The highest BCUT2D eigenvalue weighted by atomic mass is 32.2. The quantitative estimate of drug-likeness (QED) is 0.480. The summed E-state index contributed by atoms with van der Waals surface area (Å²) in [6, 6.07) is 4.38. The fourth-order valence-electron chi connectivity index (χ4n) is 3.37. The molecule has 1 aliphatic rings. The molecule has 1 aromatic heterocycles. The lowest BCUT2D eigenvalue weighted by Crippen LogP contribution is -2.32. The number of benzene rings is 1. The summed E-state index contributed by atoms with van der Waals surface area (Å²) in [6.45, 7) is 1.09. The van der Waals surface area contributed by atoms with Crippen molar-refractivity contribution >= 4 is 27.3 Å². The van der Waals surface area contributed by atoms with E-state index in [2.05, 4.69) is 10.4 Å². The normalized spacial score (nSPS) is 15.3. The van der Waals surface area contributed by atoms with E-state index in [0.29, 0.717) is 18.8 Å². The Labute approximate surface area is 180 Å². The predicted octanol–water partition coefficient (Wildman–Crippen LogP) is 2.39. The summed E-state index contributed by atoms with van der Waals surface area (Å²) in [4.78, 5) is 22.6. The van der Waals surface area contributed by atoms with Crippen LogP contribution in [0, 0.1) is 10.1 Å². The van der Waals surface area contributed by atoms with Crippen molar-refractivity contribution < 1.29 is 22.9 Å². The number of nitrogens with one attached hydrogen (secondary N) is 1. The maximum atomic E-state index is 13.1. The Hall–Kier alpha value is -2.99. The molecular formula is C19H25N5O6S. The van der Waals surface area contributed by atoms with Crippen LogP contribution in [0.4, 0.5) is 11.4 Å². The van der Waals surface area contributed by atoms with Gasteiger partial charge >= 0.3 is 5.69 Å². The molecule has 1 N–H and O–H groups in total. The largest absolute Gasteiger partial charge is 0.495 e. The van der Waals surface area contributed by atoms with Crippen molar-refractivity contribution in [2.45, 2.75) is 43.5 Å². The molecule has 1 aromatic carbocycles. The highest BCUT2D eigenvalue weighted by Gasteiger charge is 2.26. The van der Waals surface area contributed by atoms with Crippen molar-refractivity contribution in [1.29, 1.82) is 0 Å². The number of rotatable bonds is 8. The van der Waals surface area contributed by atoms with Gasteiger partial charge in [-0.3, -0.25) is 19.6 Å². The van der Waals surface area contributed by atoms with Crippen LogP contribution in [0.2, 0.25) is 0 Å². The molecule has 12 heteroatoms. The number of hydrogen-bond acceptors (Lipinski definition) is 7. The lowest BCUT2D eigenvalue weighted by atomic mass is 10.2. The van der Waals surface area contributed by atoms with Gasteiger partial charge in [-0.05, 0) is 31.0 Å². The van der Waals surface area contributed by atoms with Crippen LogP contribution in [0.5, 0.6) is 5.75 Å². The molecule has 31 heavy (non-hydrogen) atoms. The number of anilines is 1. The monoisotopic (exact) mass is 451 g/mol. The molecule has 11 nitrogen and oxygen atoms in total. The van der Waals surface area contributed by atoms with Gasteiger partial charge in [0, 0.05) is 26.1 Å². The Morgan fingerprint density at radius 1 is 1.26 bits per heavy atom. The van der Waals surface area contributed by atoms with E-state index in [0.717, 1.165) is 31.9 Å². The first-order valence-corrected chi connectivity index (χ1v) is 11.4. The van der Waals surface area contributed by atoms with Crippen LogP contribution in [-0.4, -0.2) is 53.5 Å². The van der Waals surface area contributed by atoms with Crippen molar-refractivity contribution in [3.63, 3.8) is 0 Å². The fraction of sp³-hybridized carbons (Fsp3) is 0.474. The molecule has 0 atom stereocenters. The molecule has 168 valence electrons. The zero-order chi connectivity index (χ0) is 22.4. The van der Waals surface area contributed by atoms with Gasteiger partial charge in [-0.2, -0.15) is 9.40 Å². The van der Waals surface area contributed by atoms with Gasteiger partial charge in [-0.15, -0.1) is 0 Å². The molecule has 1 fully saturated rings. The number of sulfonamides is 1. The number of methoxy groups -OCH3 is 1. The van der Waals surface area contributed by atoms with Crippen LogP contribution in [0.3, 0.4) is 0 Å². The summed E-state index contributed by atoms with van der Waals surface area (Å²) in [7, 11) is -2.25. The molecule has 0 bridgehead atoms. The maximum absolute atomic E-state index is 13.1. The average molecular weight is 452 g/mol. The molecule has 2 aromatic rings. The number of carbonyl (C=O) groups is 1. The van der Waals surface area contributed by atoms with Crippen LogP contribution >= 0.6 is 0 Å². The molecule has 3 rings (SSSR count). The maximum Gasteiger partial charge on any atom is 0.306 e. The second kappa shape index (κ2) is 9.88. The fourth-order valence-corrected chi connectivity index (χ4v) is 4.92. The summed E-state index contributed by atoms with van der Waals surface area (Å²) >= 11 is 0. The van der Waals surface area contributed by atoms with E-state index in [9.17, 15) is 23.3 Å². The molecule has 2 heterocycles. The standard InChI is InChI=1S/C19H25N5O6S/c1-30-18-7-6-16(31(28,29)23-9-4-2-3-5-10-23)12-17(18)21-19(25)8-11-22-14-15(13-20-22)24(26)27/h6-7,12-14H,2-5,8-11H2,1H3,(H,21,25). The lowest BCUT2D eigenvalue weighted by molar-refractivity contribution is -0.385. The van der Waals surface area contributed by atoms with Gasteiger partial charge in [0.1, 0.15) is 18.1 Å². The van der Waals surface area contributed by atoms with Crippen LogP contribution in [0.25, 0.3) is 0 Å². The van der Waals surface area contributed by atoms with Gasteiger partial charge in [-0.1, -0.05) is 12.8 Å². The van der Waals surface area contributed by atoms with Gasteiger partial charge in [0.05, 0.1) is 22.6 Å². The summed E-state index contributed by atoms with van der Waals surface area (Å²) in [6.07, 6.45) is 6.01. The topological polar surface area (TPSA) is 137 Å². The van der Waals surface area contributed by atoms with E-state index < -0.39 is 20.9 Å². The molecule has 0 aliphatic carbocycles. The SMILES string of the molecule is COc1ccc(S(=O)(=O)N2CCCCCC2)cc1NC(=O)CCn1cc([N+](=O)[O-])cn1. The van der Waals surface area contributed by atoms with E-state index >= 15 is 0 Å². The minimum atomic E-state index is -3.68. The highest BCUT2D eigenvalue weighted by Crippen LogP contribution is 2.30. The number of aryl methyl sites for hydroxylation is 1. The molecule has 1 aliphatic heterocycles. The van der Waals surface area contributed by atoms with E-state index in [1.807, 2.05) is 0 Å². The van der Waals surface area contributed by atoms with Gasteiger partial charge in [0.25, 0.3) is 0 Å². The summed E-state index contributed by atoms with van der Waals surface area (Å²) in [5.74, 6) is -0.0707. The smallest absolute Gasteiger partial charge is 0.306 e. The number of aromatic nitrogens is 2. The van der Waals surface area contributed by atoms with Crippen molar-refractivity contribution in [2.75, 3.05) is 25.5 Å². The summed E-state index contributed by atoms with van der Waals surface area (Å²) < 4.78 is 34.1. The number of ether oxygens (including phenoxy) is 1. The van der Waals surface area contributed by atoms with Gasteiger partial charge < -0.3 is 10.1 Å². The van der Waals surface area contributed by atoms with E-state index in [1.165, 1.54) is 40.5 Å². The van der Waals surface area contributed by atoms with Crippen LogP contribution in [0.15, 0.2) is 35.5 Å². The molecule has 0 radical (unpaired) electrons. The zero-order valence-electron chi connectivity index (χ0n) is 17.2. The summed E-state index contributed by atoms with van der Waals surface area (Å²) in [5, 5.41) is 17.2. The molecule has 0 unspecified atom stereocenters. The Balaban J connectivity index is 1.72. The first-order valence-electron chi connectivity index (χ1n) is 9.96. The Kier molecular flexibility index (Phi) is 7.23. The van der Waals surface area contributed by atoms with Crippen molar-refractivity contribution in [1.82, 2.24) is 14.1 Å². The van der Waals surface area contributed by atoms with Crippen molar-refractivity contribution in [3.8, 4) is 5.75 Å².